The highest BCUT2D eigenvalue weighted by atomic mass is 35.5. The third-order valence-corrected chi connectivity index (χ3v) is 3.90. The number of esters is 1. The van der Waals surface area contributed by atoms with Crippen molar-refractivity contribution in [1.29, 1.82) is 5.26 Å². The van der Waals surface area contributed by atoms with Gasteiger partial charge in [-0.3, -0.25) is 0 Å². The van der Waals surface area contributed by atoms with Crippen molar-refractivity contribution in [1.82, 2.24) is 0 Å². The van der Waals surface area contributed by atoms with E-state index in [-0.39, 0.29) is 11.7 Å². The Morgan fingerprint density at radius 3 is 2.79 bits per heavy atom. The van der Waals surface area contributed by atoms with Gasteiger partial charge in [-0.05, 0) is 43.7 Å². The van der Waals surface area contributed by atoms with E-state index in [4.69, 9.17) is 37.6 Å². The largest absolute Gasteiger partial charge is 0.459 e. The van der Waals surface area contributed by atoms with Crippen LogP contribution in [0.5, 0.6) is 0 Å². The Hall–Kier alpha value is -2.22. The first-order valence-electron chi connectivity index (χ1n) is 7.32. The van der Waals surface area contributed by atoms with Crippen molar-refractivity contribution in [3.63, 3.8) is 0 Å². The molecule has 1 heterocycles. The molecule has 0 radical (unpaired) electrons. The molecule has 0 spiro atoms. The summed E-state index contributed by atoms with van der Waals surface area (Å²) in [6.45, 7) is 3.65. The van der Waals surface area contributed by atoms with Crippen molar-refractivity contribution in [3.05, 3.63) is 51.7 Å². The second-order valence-electron chi connectivity index (χ2n) is 5.12. The van der Waals surface area contributed by atoms with E-state index in [1.807, 2.05) is 13.0 Å². The molecule has 0 saturated heterocycles. The molecule has 0 aliphatic rings. The lowest BCUT2D eigenvalue weighted by molar-refractivity contribution is -0.142. The van der Waals surface area contributed by atoms with E-state index in [2.05, 4.69) is 0 Å². The molecule has 0 N–H and O–H groups in total. The van der Waals surface area contributed by atoms with Crippen LogP contribution in [0.15, 0.2) is 40.3 Å². The van der Waals surface area contributed by atoms with Crippen LogP contribution in [0.2, 0.25) is 10.0 Å². The molecule has 1 atom stereocenters. The van der Waals surface area contributed by atoms with Gasteiger partial charge in [0.05, 0.1) is 11.1 Å². The first-order valence-corrected chi connectivity index (χ1v) is 8.08. The van der Waals surface area contributed by atoms with E-state index in [0.717, 1.165) is 0 Å². The van der Waals surface area contributed by atoms with Crippen LogP contribution in [0.25, 0.3) is 17.4 Å². The molecule has 124 valence electrons. The van der Waals surface area contributed by atoms with E-state index in [0.29, 0.717) is 33.6 Å². The number of nitrogens with zero attached hydrogens (tertiary/aromatic N) is 1. The van der Waals surface area contributed by atoms with Crippen LogP contribution < -0.4 is 0 Å². The van der Waals surface area contributed by atoms with Crippen LogP contribution in [0.4, 0.5) is 0 Å². The minimum absolute atomic E-state index is 0.131. The maximum Gasteiger partial charge on any atom is 0.349 e. The number of ether oxygens (including phenoxy) is 1. The number of hydrogen-bond donors (Lipinski definition) is 0. The highest BCUT2D eigenvalue weighted by Gasteiger charge is 2.15. The van der Waals surface area contributed by atoms with Gasteiger partial charge in [0.1, 0.15) is 23.2 Å². The van der Waals surface area contributed by atoms with Crippen molar-refractivity contribution in [2.75, 3.05) is 0 Å². The lowest BCUT2D eigenvalue weighted by atomic mass is 10.2. The molecule has 6 heteroatoms. The molecule has 2 rings (SSSR count). The molecule has 0 saturated carbocycles. The van der Waals surface area contributed by atoms with Gasteiger partial charge in [-0.15, -0.1) is 0 Å². The summed E-state index contributed by atoms with van der Waals surface area (Å²) in [4.78, 5) is 11.9. The zero-order valence-corrected chi connectivity index (χ0v) is 14.7. The fourth-order valence-electron chi connectivity index (χ4n) is 1.87. The molecule has 1 aromatic heterocycles. The van der Waals surface area contributed by atoms with E-state index >= 15 is 0 Å². The van der Waals surface area contributed by atoms with Crippen LogP contribution in [0.3, 0.4) is 0 Å². The number of carbonyl (C=O) groups excluding carboxylic acids is 1. The van der Waals surface area contributed by atoms with Gasteiger partial charge in [0.2, 0.25) is 0 Å². The molecule has 2 aromatic rings. The minimum atomic E-state index is -0.675. The Kier molecular flexibility index (Phi) is 6.08. The highest BCUT2D eigenvalue weighted by molar-refractivity contribution is 6.35. The van der Waals surface area contributed by atoms with Crippen molar-refractivity contribution < 1.29 is 13.9 Å². The summed E-state index contributed by atoms with van der Waals surface area (Å²) in [5, 5.41) is 10.2. The SMILES string of the molecule is CC[C@H](C)OC(=O)/C(C#N)=C/c1ccc(-c2cc(Cl)ccc2Cl)o1. The second-order valence-corrected chi connectivity index (χ2v) is 5.96. The number of hydrogen-bond acceptors (Lipinski definition) is 4. The first-order chi connectivity index (χ1) is 11.4. The van der Waals surface area contributed by atoms with Gasteiger partial charge >= 0.3 is 5.97 Å². The average Bonchev–Trinajstić information content (AvgIpc) is 3.02. The maximum absolute atomic E-state index is 11.9. The molecule has 0 bridgehead atoms. The van der Waals surface area contributed by atoms with Gasteiger partial charge in [-0.2, -0.15) is 5.26 Å². The first kappa shape index (κ1) is 18.1. The number of benzene rings is 1. The lowest BCUT2D eigenvalue weighted by Gasteiger charge is -2.09. The molecule has 0 aliphatic carbocycles. The van der Waals surface area contributed by atoms with Crippen LogP contribution in [-0.2, 0) is 9.53 Å². The fourth-order valence-corrected chi connectivity index (χ4v) is 2.25. The average molecular weight is 364 g/mol. The quantitative estimate of drug-likeness (QED) is 0.399. The molecule has 1 aromatic carbocycles. The molecule has 24 heavy (non-hydrogen) atoms. The Bertz CT molecular complexity index is 818. The Morgan fingerprint density at radius 2 is 2.12 bits per heavy atom. The Morgan fingerprint density at radius 1 is 1.38 bits per heavy atom. The van der Waals surface area contributed by atoms with Gasteiger partial charge in [-0.1, -0.05) is 30.1 Å². The fraction of sp³-hybridized carbons (Fsp3) is 0.222. The summed E-state index contributed by atoms with van der Waals surface area (Å²) in [6, 6.07) is 10.2. The van der Waals surface area contributed by atoms with Gasteiger partial charge in [0.15, 0.2) is 0 Å². The van der Waals surface area contributed by atoms with E-state index < -0.39 is 5.97 Å². The summed E-state index contributed by atoms with van der Waals surface area (Å²) >= 11 is 12.1. The van der Waals surface area contributed by atoms with Gasteiger partial charge in [-0.25, -0.2) is 4.79 Å². The summed E-state index contributed by atoms with van der Waals surface area (Å²) < 4.78 is 10.8. The van der Waals surface area contributed by atoms with Crippen LogP contribution >= 0.6 is 23.2 Å². The lowest BCUT2D eigenvalue weighted by Crippen LogP contribution is -2.15. The summed E-state index contributed by atoms with van der Waals surface area (Å²) in [5.74, 6) is 0.158. The van der Waals surface area contributed by atoms with Crippen molar-refractivity contribution in [3.8, 4) is 17.4 Å². The number of furan rings is 1. The number of nitriles is 1. The van der Waals surface area contributed by atoms with Crippen molar-refractivity contribution in [2.45, 2.75) is 26.4 Å². The molecule has 4 nitrogen and oxygen atoms in total. The van der Waals surface area contributed by atoms with E-state index in [1.54, 1.807) is 37.3 Å². The van der Waals surface area contributed by atoms with E-state index in [1.165, 1.54) is 6.08 Å². The molecular weight excluding hydrogens is 349 g/mol. The zero-order chi connectivity index (χ0) is 17.7. The molecule has 0 aliphatic heterocycles. The topological polar surface area (TPSA) is 63.2 Å². The normalized spacial score (nSPS) is 12.5. The monoisotopic (exact) mass is 363 g/mol. The number of carbonyl (C=O) groups is 1. The predicted octanol–water partition coefficient (Wildman–Crippen LogP) is 5.50. The maximum atomic E-state index is 11.9. The van der Waals surface area contributed by atoms with Crippen LogP contribution in [-0.4, -0.2) is 12.1 Å². The summed E-state index contributed by atoms with van der Waals surface area (Å²) in [6.07, 6.45) is 1.75. The number of rotatable bonds is 5. The standard InChI is InChI=1S/C18H15Cl2NO3/c1-3-11(2)23-18(22)12(10-21)8-14-5-7-17(24-14)15-9-13(19)4-6-16(15)20/h4-9,11H,3H2,1-2H3/b12-8+/t11-/m0/s1. The molecule has 0 unspecified atom stereocenters. The van der Waals surface area contributed by atoms with Gasteiger partial charge < -0.3 is 9.15 Å². The highest BCUT2D eigenvalue weighted by Crippen LogP contribution is 2.32. The van der Waals surface area contributed by atoms with Crippen LogP contribution in [0.1, 0.15) is 26.0 Å². The Balaban J connectivity index is 2.28. The zero-order valence-electron chi connectivity index (χ0n) is 13.2. The summed E-state index contributed by atoms with van der Waals surface area (Å²) in [5.41, 5.74) is 0.498. The minimum Gasteiger partial charge on any atom is -0.459 e. The third-order valence-electron chi connectivity index (χ3n) is 3.33. The van der Waals surface area contributed by atoms with Crippen molar-refractivity contribution >= 4 is 35.2 Å². The molecular formula is C18H15Cl2NO3. The third kappa shape index (κ3) is 4.41. The number of halogens is 2. The van der Waals surface area contributed by atoms with Gasteiger partial charge in [0, 0.05) is 16.7 Å². The summed E-state index contributed by atoms with van der Waals surface area (Å²) in [7, 11) is 0. The molecule has 0 amide bonds. The smallest absolute Gasteiger partial charge is 0.349 e. The molecule has 0 fully saturated rings. The van der Waals surface area contributed by atoms with E-state index in [9.17, 15) is 4.79 Å². The van der Waals surface area contributed by atoms with Crippen LogP contribution in [0, 0.1) is 11.3 Å². The van der Waals surface area contributed by atoms with Gasteiger partial charge in [0.25, 0.3) is 0 Å². The second kappa shape index (κ2) is 8.05. The van der Waals surface area contributed by atoms with Crippen molar-refractivity contribution in [2.24, 2.45) is 0 Å². The Labute approximate surface area is 150 Å². The predicted molar refractivity (Wildman–Crippen MR) is 93.6 cm³/mol.